The monoisotopic (exact) mass is 231 g/mol. The van der Waals surface area contributed by atoms with Crippen molar-refractivity contribution in [2.45, 2.75) is 25.7 Å². The van der Waals surface area contributed by atoms with Gasteiger partial charge in [0.15, 0.2) is 0 Å². The van der Waals surface area contributed by atoms with Gasteiger partial charge in [0, 0.05) is 0 Å². The molecule has 0 bridgehead atoms. The lowest BCUT2D eigenvalue weighted by Gasteiger charge is -2.15. The molecule has 0 atom stereocenters. The standard InChI is InChI=1S/C14H17NO2/c1-17-13-7-4-5-11(10-13)9-12-6-2-3-8-14(12)15-16/h4-5,7,9-10,16H,2-3,6,8H2,1H3/b12-9-,15-14+. The maximum absolute atomic E-state index is 8.96. The van der Waals surface area contributed by atoms with Crippen LogP contribution in [0.3, 0.4) is 0 Å². The number of rotatable bonds is 2. The third-order valence-electron chi connectivity index (χ3n) is 3.04. The summed E-state index contributed by atoms with van der Waals surface area (Å²) in [4.78, 5) is 0. The molecular formula is C14H17NO2. The zero-order chi connectivity index (χ0) is 12.1. The number of allylic oxidation sites excluding steroid dienone is 1. The highest BCUT2D eigenvalue weighted by atomic mass is 16.5. The predicted octanol–water partition coefficient (Wildman–Crippen LogP) is 3.48. The van der Waals surface area contributed by atoms with Crippen LogP contribution in [0.25, 0.3) is 6.08 Å². The molecule has 3 nitrogen and oxygen atoms in total. The van der Waals surface area contributed by atoms with E-state index in [0.29, 0.717) is 0 Å². The van der Waals surface area contributed by atoms with Gasteiger partial charge in [0.05, 0.1) is 12.8 Å². The molecule has 3 heteroatoms. The summed E-state index contributed by atoms with van der Waals surface area (Å²) in [5.41, 5.74) is 3.04. The summed E-state index contributed by atoms with van der Waals surface area (Å²) in [6.45, 7) is 0. The molecule has 17 heavy (non-hydrogen) atoms. The topological polar surface area (TPSA) is 41.8 Å². The van der Waals surface area contributed by atoms with Crippen molar-refractivity contribution in [1.82, 2.24) is 0 Å². The molecule has 0 radical (unpaired) electrons. The lowest BCUT2D eigenvalue weighted by Crippen LogP contribution is -2.08. The molecule has 1 fully saturated rings. The number of oxime groups is 1. The maximum Gasteiger partial charge on any atom is 0.119 e. The largest absolute Gasteiger partial charge is 0.497 e. The van der Waals surface area contributed by atoms with Crippen molar-refractivity contribution in [3.8, 4) is 5.75 Å². The van der Waals surface area contributed by atoms with Crippen LogP contribution < -0.4 is 4.74 Å². The number of hydrogen-bond donors (Lipinski definition) is 1. The molecule has 1 aromatic carbocycles. The Morgan fingerprint density at radius 1 is 1.29 bits per heavy atom. The number of hydrogen-bond acceptors (Lipinski definition) is 3. The van der Waals surface area contributed by atoms with Gasteiger partial charge in [-0.1, -0.05) is 17.3 Å². The Labute approximate surface area is 101 Å². The molecule has 2 rings (SSSR count). The highest BCUT2D eigenvalue weighted by molar-refractivity contribution is 6.03. The van der Waals surface area contributed by atoms with Gasteiger partial charge in [0.25, 0.3) is 0 Å². The SMILES string of the molecule is COc1cccc(/C=C2/CCCC/C2=N\O)c1. The van der Waals surface area contributed by atoms with Gasteiger partial charge in [0.2, 0.25) is 0 Å². The first kappa shape index (κ1) is 11.7. The molecule has 1 saturated carbocycles. The summed E-state index contributed by atoms with van der Waals surface area (Å²) in [5, 5.41) is 12.3. The lowest BCUT2D eigenvalue weighted by molar-refractivity contribution is 0.316. The fourth-order valence-corrected chi connectivity index (χ4v) is 2.11. The smallest absolute Gasteiger partial charge is 0.119 e. The number of methoxy groups -OCH3 is 1. The van der Waals surface area contributed by atoms with E-state index in [1.54, 1.807) is 7.11 Å². The van der Waals surface area contributed by atoms with E-state index in [4.69, 9.17) is 9.94 Å². The molecule has 90 valence electrons. The first-order valence-corrected chi connectivity index (χ1v) is 5.89. The van der Waals surface area contributed by atoms with E-state index in [1.807, 2.05) is 24.3 Å². The number of nitrogens with zero attached hydrogens (tertiary/aromatic N) is 1. The maximum atomic E-state index is 8.96. The van der Waals surface area contributed by atoms with Crippen molar-refractivity contribution in [3.63, 3.8) is 0 Å². The normalized spacial score (nSPS) is 20.8. The van der Waals surface area contributed by atoms with Gasteiger partial charge in [-0.15, -0.1) is 0 Å². The zero-order valence-electron chi connectivity index (χ0n) is 10.0. The molecule has 1 aromatic rings. The third kappa shape index (κ3) is 2.87. The Morgan fingerprint density at radius 2 is 2.12 bits per heavy atom. The van der Waals surface area contributed by atoms with E-state index in [9.17, 15) is 0 Å². The first-order valence-electron chi connectivity index (χ1n) is 5.89. The third-order valence-corrected chi connectivity index (χ3v) is 3.04. The van der Waals surface area contributed by atoms with Crippen LogP contribution in [0.5, 0.6) is 5.75 Å². The van der Waals surface area contributed by atoms with Crippen molar-refractivity contribution in [2.75, 3.05) is 7.11 Å². The molecule has 1 N–H and O–H groups in total. The van der Waals surface area contributed by atoms with Crippen LogP contribution in [0, 0.1) is 0 Å². The summed E-state index contributed by atoms with van der Waals surface area (Å²) in [7, 11) is 1.66. The van der Waals surface area contributed by atoms with Crippen LogP contribution in [0.4, 0.5) is 0 Å². The second kappa shape index (κ2) is 5.53. The minimum atomic E-state index is 0.819. The highest BCUT2D eigenvalue weighted by Crippen LogP contribution is 2.24. The van der Waals surface area contributed by atoms with Crippen LogP contribution in [0.1, 0.15) is 31.2 Å². The average molecular weight is 231 g/mol. The van der Waals surface area contributed by atoms with E-state index < -0.39 is 0 Å². The van der Waals surface area contributed by atoms with E-state index in [-0.39, 0.29) is 0 Å². The van der Waals surface area contributed by atoms with Gasteiger partial charge in [-0.25, -0.2) is 0 Å². The summed E-state index contributed by atoms with van der Waals surface area (Å²) in [5.74, 6) is 0.845. The lowest BCUT2D eigenvalue weighted by atomic mass is 9.91. The van der Waals surface area contributed by atoms with Crippen LogP contribution in [0.2, 0.25) is 0 Å². The van der Waals surface area contributed by atoms with Crippen LogP contribution in [0.15, 0.2) is 35.0 Å². The zero-order valence-corrected chi connectivity index (χ0v) is 10.0. The van der Waals surface area contributed by atoms with Crippen molar-refractivity contribution in [3.05, 3.63) is 35.4 Å². The first-order chi connectivity index (χ1) is 8.33. The summed E-state index contributed by atoms with van der Waals surface area (Å²) < 4.78 is 5.19. The molecule has 1 aliphatic carbocycles. The molecule has 0 aliphatic heterocycles. The molecular weight excluding hydrogens is 214 g/mol. The Balaban J connectivity index is 2.27. The quantitative estimate of drug-likeness (QED) is 0.625. The summed E-state index contributed by atoms with van der Waals surface area (Å²) in [6, 6.07) is 7.89. The summed E-state index contributed by atoms with van der Waals surface area (Å²) >= 11 is 0. The number of benzene rings is 1. The minimum absolute atomic E-state index is 0.819. The van der Waals surface area contributed by atoms with Crippen molar-refractivity contribution in [2.24, 2.45) is 5.16 Å². The minimum Gasteiger partial charge on any atom is -0.497 e. The molecule has 0 unspecified atom stereocenters. The molecule has 0 amide bonds. The van der Waals surface area contributed by atoms with E-state index in [2.05, 4.69) is 11.2 Å². The van der Waals surface area contributed by atoms with Gasteiger partial charge in [0.1, 0.15) is 5.75 Å². The Morgan fingerprint density at radius 3 is 2.88 bits per heavy atom. The fraction of sp³-hybridized carbons (Fsp3) is 0.357. The Hall–Kier alpha value is -1.77. The second-order valence-electron chi connectivity index (χ2n) is 4.20. The molecule has 0 saturated heterocycles. The van der Waals surface area contributed by atoms with Gasteiger partial charge in [-0.3, -0.25) is 0 Å². The van der Waals surface area contributed by atoms with Gasteiger partial charge in [-0.05, 0) is 55.0 Å². The van der Waals surface area contributed by atoms with E-state index >= 15 is 0 Å². The van der Waals surface area contributed by atoms with Gasteiger partial charge in [-0.2, -0.15) is 0 Å². The Bertz CT molecular complexity index is 449. The second-order valence-corrected chi connectivity index (χ2v) is 4.20. The summed E-state index contributed by atoms with van der Waals surface area (Å²) in [6.07, 6.45) is 6.20. The average Bonchev–Trinajstić information content (AvgIpc) is 2.39. The van der Waals surface area contributed by atoms with Crippen LogP contribution >= 0.6 is 0 Å². The molecule has 0 aromatic heterocycles. The molecule has 1 aliphatic rings. The van der Waals surface area contributed by atoms with Crippen LogP contribution in [-0.2, 0) is 0 Å². The van der Waals surface area contributed by atoms with Crippen molar-refractivity contribution < 1.29 is 9.94 Å². The van der Waals surface area contributed by atoms with E-state index in [1.165, 1.54) is 0 Å². The predicted molar refractivity (Wildman–Crippen MR) is 68.7 cm³/mol. The van der Waals surface area contributed by atoms with Crippen molar-refractivity contribution >= 4 is 11.8 Å². The Kier molecular flexibility index (Phi) is 3.81. The highest BCUT2D eigenvalue weighted by Gasteiger charge is 2.13. The van der Waals surface area contributed by atoms with Crippen LogP contribution in [-0.4, -0.2) is 18.0 Å². The molecule has 0 heterocycles. The van der Waals surface area contributed by atoms with Gasteiger partial charge < -0.3 is 9.94 Å². The molecule has 0 spiro atoms. The number of ether oxygens (including phenoxy) is 1. The fourth-order valence-electron chi connectivity index (χ4n) is 2.11. The van der Waals surface area contributed by atoms with Crippen molar-refractivity contribution in [1.29, 1.82) is 0 Å². The van der Waals surface area contributed by atoms with Gasteiger partial charge >= 0.3 is 0 Å². The van der Waals surface area contributed by atoms with E-state index in [0.717, 1.165) is 48.3 Å².